The Kier molecular flexibility index (Phi) is 4.75. The van der Waals surface area contributed by atoms with Gasteiger partial charge in [-0.15, -0.1) is 0 Å². The van der Waals surface area contributed by atoms with E-state index in [1.807, 2.05) is 0 Å². The number of hydrogen-bond donors (Lipinski definition) is 1. The van der Waals surface area contributed by atoms with E-state index in [4.69, 9.17) is 0 Å². The van der Waals surface area contributed by atoms with Crippen LogP contribution >= 0.6 is 0 Å². The lowest BCUT2D eigenvalue weighted by Gasteiger charge is -2.34. The highest BCUT2D eigenvalue weighted by Crippen LogP contribution is 2.31. The third kappa shape index (κ3) is 3.58. The molecular formula is C15H17F4NO2. The van der Waals surface area contributed by atoms with Crippen molar-refractivity contribution in [2.75, 3.05) is 13.1 Å². The summed E-state index contributed by atoms with van der Waals surface area (Å²) in [5.74, 6) is -1.80. The van der Waals surface area contributed by atoms with Gasteiger partial charge in [0, 0.05) is 18.7 Å². The summed E-state index contributed by atoms with van der Waals surface area (Å²) >= 11 is 0. The van der Waals surface area contributed by atoms with Crippen LogP contribution in [0.15, 0.2) is 18.2 Å². The van der Waals surface area contributed by atoms with E-state index >= 15 is 0 Å². The predicted octanol–water partition coefficient (Wildman–Crippen LogP) is 2.91. The van der Waals surface area contributed by atoms with E-state index in [0.29, 0.717) is 5.56 Å². The van der Waals surface area contributed by atoms with Gasteiger partial charge in [0.2, 0.25) is 0 Å². The molecule has 1 aliphatic rings. The van der Waals surface area contributed by atoms with Gasteiger partial charge in [-0.1, -0.05) is 6.07 Å². The molecule has 0 bridgehead atoms. The number of nitrogens with zero attached hydrogens (tertiary/aromatic N) is 1. The van der Waals surface area contributed by atoms with Crippen LogP contribution in [0.1, 0.15) is 28.8 Å². The molecule has 0 radical (unpaired) electrons. The largest absolute Gasteiger partial charge is 0.414 e. The number of amides is 1. The molecule has 1 amide bonds. The summed E-state index contributed by atoms with van der Waals surface area (Å²) in [4.78, 5) is 13.6. The Labute approximate surface area is 125 Å². The molecule has 1 heterocycles. The minimum atomic E-state index is -4.64. The first-order valence-corrected chi connectivity index (χ1v) is 7.00. The first-order valence-electron chi connectivity index (χ1n) is 7.00. The average Bonchev–Trinajstić information content (AvgIpc) is 2.48. The van der Waals surface area contributed by atoms with Gasteiger partial charge < -0.3 is 10.0 Å². The van der Waals surface area contributed by atoms with Crippen molar-refractivity contribution in [2.45, 2.75) is 32.0 Å². The lowest BCUT2D eigenvalue weighted by Crippen LogP contribution is -2.45. The number of aliphatic hydroxyl groups is 1. The smallest absolute Gasteiger partial charge is 0.383 e. The minimum Gasteiger partial charge on any atom is -0.383 e. The van der Waals surface area contributed by atoms with E-state index in [-0.39, 0.29) is 31.5 Å². The molecular weight excluding hydrogens is 302 g/mol. The number of carbonyl (C=O) groups is 1. The van der Waals surface area contributed by atoms with Gasteiger partial charge in [-0.2, -0.15) is 13.2 Å². The second kappa shape index (κ2) is 6.24. The average molecular weight is 319 g/mol. The first kappa shape index (κ1) is 16.7. The van der Waals surface area contributed by atoms with Crippen LogP contribution in [0.2, 0.25) is 0 Å². The van der Waals surface area contributed by atoms with Crippen molar-refractivity contribution >= 4 is 5.91 Å². The molecule has 1 fully saturated rings. The normalized spacial score (nSPS) is 18.4. The van der Waals surface area contributed by atoms with Crippen LogP contribution in [-0.2, 0) is 0 Å². The summed E-state index contributed by atoms with van der Waals surface area (Å²) in [6.07, 6.45) is -6.86. The zero-order valence-electron chi connectivity index (χ0n) is 12.0. The van der Waals surface area contributed by atoms with Crippen molar-refractivity contribution in [3.05, 3.63) is 35.1 Å². The van der Waals surface area contributed by atoms with Crippen molar-refractivity contribution in [1.82, 2.24) is 4.90 Å². The Morgan fingerprint density at radius 2 is 1.91 bits per heavy atom. The molecule has 0 spiro atoms. The summed E-state index contributed by atoms with van der Waals surface area (Å²) < 4.78 is 50.9. The Balaban J connectivity index is 1.99. The molecule has 3 nitrogen and oxygen atoms in total. The molecule has 1 aromatic rings. The fourth-order valence-electron chi connectivity index (χ4n) is 2.59. The molecule has 1 atom stereocenters. The van der Waals surface area contributed by atoms with Crippen LogP contribution in [0.4, 0.5) is 17.6 Å². The van der Waals surface area contributed by atoms with Crippen molar-refractivity contribution in [3.63, 3.8) is 0 Å². The van der Waals surface area contributed by atoms with Crippen molar-refractivity contribution in [2.24, 2.45) is 5.92 Å². The number of hydrogen-bond acceptors (Lipinski definition) is 2. The van der Waals surface area contributed by atoms with Crippen LogP contribution < -0.4 is 0 Å². The fourth-order valence-corrected chi connectivity index (χ4v) is 2.59. The number of carbonyl (C=O) groups excluding carboxylic acids is 1. The number of likely N-dealkylation sites (tertiary alicyclic amines) is 1. The lowest BCUT2D eigenvalue weighted by atomic mass is 9.90. The fraction of sp³-hybridized carbons (Fsp3) is 0.533. The van der Waals surface area contributed by atoms with Gasteiger partial charge in [-0.05, 0) is 43.4 Å². The highest BCUT2D eigenvalue weighted by molar-refractivity contribution is 5.94. The van der Waals surface area contributed by atoms with Gasteiger partial charge in [0.05, 0.1) is 0 Å². The van der Waals surface area contributed by atoms with Crippen LogP contribution in [-0.4, -0.2) is 41.3 Å². The topological polar surface area (TPSA) is 40.5 Å². The summed E-state index contributed by atoms with van der Waals surface area (Å²) in [5.41, 5.74) is 0.599. The van der Waals surface area contributed by atoms with Gasteiger partial charge in [0.1, 0.15) is 5.82 Å². The molecule has 2 rings (SSSR count). The van der Waals surface area contributed by atoms with E-state index in [9.17, 15) is 27.5 Å². The number of aliphatic hydroxyl groups excluding tert-OH is 1. The maximum atomic E-state index is 13.5. The highest BCUT2D eigenvalue weighted by Gasteiger charge is 2.44. The predicted molar refractivity (Wildman–Crippen MR) is 71.8 cm³/mol. The Bertz CT molecular complexity index is 551. The van der Waals surface area contributed by atoms with Gasteiger partial charge >= 0.3 is 6.18 Å². The summed E-state index contributed by atoms with van der Waals surface area (Å²) in [6, 6.07) is 4.12. The molecule has 1 N–H and O–H groups in total. The Morgan fingerprint density at radius 3 is 2.41 bits per heavy atom. The van der Waals surface area contributed by atoms with Crippen LogP contribution in [0.5, 0.6) is 0 Å². The van der Waals surface area contributed by atoms with Gasteiger partial charge in [0.25, 0.3) is 5.91 Å². The maximum Gasteiger partial charge on any atom is 0.414 e. The molecule has 0 aliphatic carbocycles. The standard InChI is InChI=1S/C15H17F4NO2/c1-9-2-3-11(8-12(9)16)14(22)20-6-4-10(5-7-20)13(21)15(17,18)19/h2-3,8,10,13,21H,4-7H2,1H3. The van der Waals surface area contributed by atoms with Crippen molar-refractivity contribution in [1.29, 1.82) is 0 Å². The number of alkyl halides is 3. The number of aryl methyl sites for hydroxylation is 1. The molecule has 7 heteroatoms. The molecule has 1 aromatic carbocycles. The minimum absolute atomic E-state index is 0.0702. The highest BCUT2D eigenvalue weighted by atomic mass is 19.4. The number of benzene rings is 1. The SMILES string of the molecule is Cc1ccc(C(=O)N2CCC(C(O)C(F)(F)F)CC2)cc1F. The Hall–Kier alpha value is -1.63. The van der Waals surface area contributed by atoms with Gasteiger partial charge in [-0.25, -0.2) is 4.39 Å². The first-order chi connectivity index (χ1) is 10.2. The second-order valence-electron chi connectivity index (χ2n) is 5.58. The van der Waals surface area contributed by atoms with Crippen LogP contribution in [0.3, 0.4) is 0 Å². The molecule has 22 heavy (non-hydrogen) atoms. The van der Waals surface area contributed by atoms with Crippen LogP contribution in [0, 0.1) is 18.7 Å². The van der Waals surface area contributed by atoms with E-state index in [1.54, 1.807) is 6.92 Å². The van der Waals surface area contributed by atoms with Gasteiger partial charge in [0.15, 0.2) is 6.10 Å². The van der Waals surface area contributed by atoms with E-state index in [2.05, 4.69) is 0 Å². The zero-order chi connectivity index (χ0) is 16.5. The maximum absolute atomic E-state index is 13.5. The second-order valence-corrected chi connectivity index (χ2v) is 5.58. The molecule has 0 saturated carbocycles. The Morgan fingerprint density at radius 1 is 1.32 bits per heavy atom. The van der Waals surface area contributed by atoms with Crippen molar-refractivity contribution < 1.29 is 27.5 Å². The lowest BCUT2D eigenvalue weighted by molar-refractivity contribution is -0.222. The molecule has 0 aromatic heterocycles. The van der Waals surface area contributed by atoms with E-state index < -0.39 is 29.9 Å². The molecule has 1 aliphatic heterocycles. The van der Waals surface area contributed by atoms with E-state index in [1.165, 1.54) is 17.0 Å². The summed E-state index contributed by atoms with van der Waals surface area (Å²) in [7, 11) is 0. The number of piperidine rings is 1. The third-order valence-electron chi connectivity index (χ3n) is 4.03. The summed E-state index contributed by atoms with van der Waals surface area (Å²) in [6.45, 7) is 1.81. The number of halogens is 4. The zero-order valence-corrected chi connectivity index (χ0v) is 12.0. The summed E-state index contributed by atoms with van der Waals surface area (Å²) in [5, 5.41) is 9.24. The monoisotopic (exact) mass is 319 g/mol. The van der Waals surface area contributed by atoms with Crippen LogP contribution in [0.25, 0.3) is 0 Å². The third-order valence-corrected chi connectivity index (χ3v) is 4.03. The quantitative estimate of drug-likeness (QED) is 0.852. The molecule has 122 valence electrons. The number of rotatable bonds is 2. The van der Waals surface area contributed by atoms with Gasteiger partial charge in [-0.3, -0.25) is 4.79 Å². The van der Waals surface area contributed by atoms with Crippen molar-refractivity contribution in [3.8, 4) is 0 Å². The molecule has 1 saturated heterocycles. The molecule has 1 unspecified atom stereocenters. The van der Waals surface area contributed by atoms with E-state index in [0.717, 1.165) is 6.07 Å².